The van der Waals surface area contributed by atoms with Gasteiger partial charge >= 0.3 is 134 Å². The minimum absolute atomic E-state index is 0.0673. The number of thioether (sulfide) groups is 1. The molecule has 6 heteroatoms. The molecule has 0 bridgehead atoms. The summed E-state index contributed by atoms with van der Waals surface area (Å²) in [7, 11) is 0. The van der Waals surface area contributed by atoms with E-state index in [1.54, 1.807) is 10.0 Å². The molecule has 102 valence electrons. The first-order chi connectivity index (χ1) is 8.79. The zero-order chi connectivity index (χ0) is 12.8. The molecule has 0 radical (unpaired) electrons. The van der Waals surface area contributed by atoms with Crippen molar-refractivity contribution in [3.05, 3.63) is 6.25 Å². The third kappa shape index (κ3) is 5.09. The topological polar surface area (TPSA) is 18.5 Å². The van der Waals surface area contributed by atoms with Gasteiger partial charge in [-0.05, 0) is 0 Å². The van der Waals surface area contributed by atoms with Crippen molar-refractivity contribution in [2.75, 3.05) is 19.0 Å². The molecule has 1 saturated heterocycles. The van der Waals surface area contributed by atoms with Crippen LogP contribution in [0.3, 0.4) is 0 Å². The van der Waals surface area contributed by atoms with E-state index in [4.69, 9.17) is 9.47 Å². The summed E-state index contributed by atoms with van der Waals surface area (Å²) in [6, 6.07) is 0. The van der Waals surface area contributed by atoms with Gasteiger partial charge in [0.1, 0.15) is 0 Å². The third-order valence-electron chi connectivity index (χ3n) is 2.66. The third-order valence-corrected chi connectivity index (χ3v) is 12.2. The molecule has 2 heterocycles. The van der Waals surface area contributed by atoms with Crippen LogP contribution < -0.4 is 0 Å². The van der Waals surface area contributed by atoms with Gasteiger partial charge in [0.25, 0.3) is 0 Å². The second kappa shape index (κ2) is 8.66. The van der Waals surface area contributed by atoms with E-state index in [9.17, 15) is 0 Å². The van der Waals surface area contributed by atoms with Gasteiger partial charge in [0.05, 0.1) is 0 Å². The normalized spacial score (nSPS) is 20.2. The summed E-state index contributed by atoms with van der Waals surface area (Å²) in [6.45, 7) is 3.94. The van der Waals surface area contributed by atoms with Gasteiger partial charge in [0.2, 0.25) is 0 Å². The summed E-state index contributed by atoms with van der Waals surface area (Å²) >= 11 is 6.48. The van der Waals surface area contributed by atoms with E-state index in [-0.39, 0.29) is 6.29 Å². The molecule has 0 aromatic carbocycles. The SMILES string of the molecule is CCSc1[se]c(=[Se])[se]c1CCOC1CCCCO1. The number of hydrogen-bond acceptors (Lipinski definition) is 3. The van der Waals surface area contributed by atoms with Crippen molar-refractivity contribution in [2.45, 2.75) is 42.7 Å². The van der Waals surface area contributed by atoms with Crippen LogP contribution in [-0.4, -0.2) is 69.8 Å². The van der Waals surface area contributed by atoms with Gasteiger partial charge in [0.15, 0.2) is 0 Å². The van der Waals surface area contributed by atoms with Gasteiger partial charge in [-0.25, -0.2) is 0 Å². The number of rotatable bonds is 6. The average Bonchev–Trinajstić information content (AvgIpc) is 2.72. The van der Waals surface area contributed by atoms with Crippen molar-refractivity contribution >= 4 is 56.3 Å². The second-order valence-corrected chi connectivity index (χ2v) is 15.1. The van der Waals surface area contributed by atoms with E-state index in [0.29, 0.717) is 29.0 Å². The molecule has 1 aromatic rings. The summed E-state index contributed by atoms with van der Waals surface area (Å²) < 4.78 is 16.4. The fourth-order valence-electron chi connectivity index (χ4n) is 1.82. The van der Waals surface area contributed by atoms with Crippen LogP contribution in [0.1, 0.15) is 30.6 Å². The minimum atomic E-state index is 0.0673. The maximum atomic E-state index is 5.84. The van der Waals surface area contributed by atoms with Gasteiger partial charge in [-0.1, -0.05) is 0 Å². The molecule has 0 aliphatic carbocycles. The molecule has 0 N–H and O–H groups in total. The van der Waals surface area contributed by atoms with Crippen LogP contribution in [0.15, 0.2) is 3.77 Å². The first kappa shape index (κ1) is 15.8. The fourth-order valence-corrected chi connectivity index (χ4v) is 13.0. The van der Waals surface area contributed by atoms with Crippen LogP contribution in [0.2, 0.25) is 0 Å². The molecule has 18 heavy (non-hydrogen) atoms. The summed E-state index contributed by atoms with van der Waals surface area (Å²) in [5, 5.41) is 0. The first-order valence-corrected chi connectivity index (χ1v) is 11.5. The molecular formula is C12H18O2SSe3. The zero-order valence-corrected chi connectivity index (χ0v) is 16.4. The van der Waals surface area contributed by atoms with Crippen molar-refractivity contribution in [1.29, 1.82) is 0 Å². The predicted molar refractivity (Wildman–Crippen MR) is 79.0 cm³/mol. The Bertz CT molecular complexity index is 410. The van der Waals surface area contributed by atoms with Crippen LogP contribution in [0, 0.1) is 1.81 Å². The Kier molecular flexibility index (Phi) is 7.62. The maximum absolute atomic E-state index is 5.84. The van der Waals surface area contributed by atoms with Crippen LogP contribution in [0.25, 0.3) is 0 Å². The molecule has 0 spiro atoms. The molecule has 1 fully saturated rings. The average molecular weight is 463 g/mol. The second-order valence-electron chi connectivity index (χ2n) is 4.01. The fraction of sp³-hybridized carbons (Fsp3) is 0.750. The van der Waals surface area contributed by atoms with Crippen LogP contribution >= 0.6 is 11.8 Å². The number of hydrogen-bond donors (Lipinski definition) is 0. The predicted octanol–water partition coefficient (Wildman–Crippen LogP) is 1.70. The molecule has 2 rings (SSSR count). The summed E-state index contributed by atoms with van der Waals surface area (Å²) in [5.41, 5.74) is 0. The summed E-state index contributed by atoms with van der Waals surface area (Å²) in [4.78, 5) is 0. The number of ether oxygens (including phenoxy) is 2. The Balaban J connectivity index is 1.80. The Morgan fingerprint density at radius 3 is 3.06 bits per heavy atom. The Morgan fingerprint density at radius 2 is 2.33 bits per heavy atom. The van der Waals surface area contributed by atoms with Crippen molar-refractivity contribution in [1.82, 2.24) is 0 Å². The van der Waals surface area contributed by atoms with Crippen LogP contribution in [0.4, 0.5) is 0 Å². The van der Waals surface area contributed by atoms with Gasteiger partial charge in [-0.15, -0.1) is 0 Å². The zero-order valence-electron chi connectivity index (χ0n) is 10.5. The monoisotopic (exact) mass is 466 g/mol. The molecule has 1 atom stereocenters. The molecule has 0 amide bonds. The van der Waals surface area contributed by atoms with Gasteiger partial charge in [0, 0.05) is 0 Å². The van der Waals surface area contributed by atoms with Gasteiger partial charge in [-0.2, -0.15) is 0 Å². The molecular weight excluding hydrogens is 445 g/mol. The molecule has 2 nitrogen and oxygen atoms in total. The van der Waals surface area contributed by atoms with E-state index in [2.05, 4.69) is 22.5 Å². The summed E-state index contributed by atoms with van der Waals surface area (Å²) in [6.07, 6.45) is 4.69. The molecule has 1 aliphatic rings. The van der Waals surface area contributed by atoms with Crippen molar-refractivity contribution in [3.8, 4) is 0 Å². The van der Waals surface area contributed by atoms with E-state index in [1.165, 1.54) is 18.6 Å². The van der Waals surface area contributed by atoms with Crippen LogP contribution in [0.5, 0.6) is 0 Å². The summed E-state index contributed by atoms with van der Waals surface area (Å²) in [5.74, 6) is 1.19. The van der Waals surface area contributed by atoms with Crippen molar-refractivity contribution in [2.24, 2.45) is 0 Å². The Hall–Kier alpha value is 1.44. The molecule has 0 saturated carbocycles. The van der Waals surface area contributed by atoms with Crippen molar-refractivity contribution < 1.29 is 9.47 Å². The standard InChI is InChI=1S/C12H18O2SSe3/c1-2-15-11-9(17-12(16)18-11)6-8-14-10-5-3-4-7-13-10/h10H,2-8H2,1H3. The molecule has 1 unspecified atom stereocenters. The van der Waals surface area contributed by atoms with E-state index >= 15 is 0 Å². The molecule has 1 aliphatic heterocycles. The Morgan fingerprint density at radius 1 is 1.44 bits per heavy atom. The van der Waals surface area contributed by atoms with Gasteiger partial charge < -0.3 is 0 Å². The van der Waals surface area contributed by atoms with Crippen LogP contribution in [-0.2, 0) is 15.9 Å². The van der Waals surface area contributed by atoms with E-state index in [1.807, 2.05) is 11.8 Å². The quantitative estimate of drug-likeness (QED) is 0.473. The van der Waals surface area contributed by atoms with Crippen molar-refractivity contribution in [3.63, 3.8) is 0 Å². The Labute approximate surface area is 133 Å². The first-order valence-electron chi connectivity index (χ1n) is 6.28. The molecule has 1 aromatic heterocycles. The van der Waals surface area contributed by atoms with Gasteiger partial charge in [-0.3, -0.25) is 0 Å². The van der Waals surface area contributed by atoms with E-state index in [0.717, 1.165) is 26.1 Å². The van der Waals surface area contributed by atoms with E-state index < -0.39 is 0 Å².